The van der Waals surface area contributed by atoms with Gasteiger partial charge in [0.1, 0.15) is 23.8 Å². The van der Waals surface area contributed by atoms with Crippen molar-refractivity contribution < 1.29 is 29.0 Å². The zero-order valence-electron chi connectivity index (χ0n) is 22.4. The Bertz CT molecular complexity index is 1010. The fourth-order valence-electron chi connectivity index (χ4n) is 5.33. The molecule has 0 spiro atoms. The lowest BCUT2D eigenvalue weighted by atomic mass is 9.72. The second kappa shape index (κ2) is 11.4. The highest BCUT2D eigenvalue weighted by Gasteiger charge is 2.47. The third-order valence-corrected chi connectivity index (χ3v) is 8.11. The van der Waals surface area contributed by atoms with Crippen LogP contribution in [0.2, 0.25) is 0 Å². The van der Waals surface area contributed by atoms with Crippen LogP contribution >= 0.6 is 0 Å². The van der Waals surface area contributed by atoms with Crippen molar-refractivity contribution in [2.24, 2.45) is 34.8 Å². The van der Waals surface area contributed by atoms with Gasteiger partial charge < -0.3 is 25.1 Å². The standard InChI is InChI=1S/C28H42N2O6/c1-15-7-8-22(16(2)10-20-14-35-24(13-29)30-20)36-25(32)12-23(31)28(5,6)27(34)18(4)26(33)17(3)21-11-19(21)9-15/h7,10,14,17-19,21-23,26,31,33H,8-9,11-13,29H2,1-6H3/b15-7-,16-10?/t17-,18+,19?,21?,22+,23-,26-/m0/s1. The van der Waals surface area contributed by atoms with Gasteiger partial charge >= 0.3 is 5.97 Å². The summed E-state index contributed by atoms with van der Waals surface area (Å²) in [7, 11) is 0. The highest BCUT2D eigenvalue weighted by molar-refractivity contribution is 5.88. The number of carbonyl (C=O) groups excluding carboxylic acids is 2. The Kier molecular flexibility index (Phi) is 8.96. The number of carbonyl (C=O) groups is 2. The molecule has 8 nitrogen and oxygen atoms in total. The molecular weight excluding hydrogens is 460 g/mol. The molecule has 0 amide bonds. The molecule has 2 aliphatic rings. The van der Waals surface area contributed by atoms with Gasteiger partial charge in [-0.1, -0.05) is 39.3 Å². The van der Waals surface area contributed by atoms with E-state index in [2.05, 4.69) is 18.0 Å². The minimum atomic E-state index is -1.24. The van der Waals surface area contributed by atoms with Crippen molar-refractivity contribution in [3.8, 4) is 0 Å². The van der Waals surface area contributed by atoms with Gasteiger partial charge in [-0.05, 0) is 56.1 Å². The van der Waals surface area contributed by atoms with Crippen LogP contribution in [0.15, 0.2) is 27.9 Å². The highest BCUT2D eigenvalue weighted by atomic mass is 16.5. The Morgan fingerprint density at radius 2 is 1.94 bits per heavy atom. The number of nitrogens with two attached hydrogens (primary N) is 1. The van der Waals surface area contributed by atoms with E-state index in [4.69, 9.17) is 14.9 Å². The zero-order valence-corrected chi connectivity index (χ0v) is 22.4. The Hall–Kier alpha value is -2.29. The number of aliphatic hydroxyl groups is 2. The number of oxazole rings is 1. The maximum atomic E-state index is 13.3. The molecule has 7 atom stereocenters. The van der Waals surface area contributed by atoms with Gasteiger partial charge in [-0.3, -0.25) is 9.59 Å². The van der Waals surface area contributed by atoms with Gasteiger partial charge in [-0.15, -0.1) is 0 Å². The lowest BCUT2D eigenvalue weighted by Crippen LogP contribution is -2.46. The summed E-state index contributed by atoms with van der Waals surface area (Å²) in [5, 5.41) is 21.8. The first-order chi connectivity index (χ1) is 16.8. The maximum Gasteiger partial charge on any atom is 0.309 e. The van der Waals surface area contributed by atoms with Gasteiger partial charge in [-0.2, -0.15) is 0 Å². The summed E-state index contributed by atoms with van der Waals surface area (Å²) in [6.07, 6.45) is 4.88. The van der Waals surface area contributed by atoms with Crippen molar-refractivity contribution in [2.45, 2.75) is 92.1 Å². The van der Waals surface area contributed by atoms with Gasteiger partial charge in [-0.25, -0.2) is 4.98 Å². The maximum absolute atomic E-state index is 13.3. The normalized spacial score (nSPS) is 36.0. The van der Waals surface area contributed by atoms with Crippen LogP contribution in [0.1, 0.15) is 78.8 Å². The monoisotopic (exact) mass is 502 g/mol. The topological polar surface area (TPSA) is 136 Å². The van der Waals surface area contributed by atoms with Gasteiger partial charge in [0.2, 0.25) is 5.89 Å². The largest absolute Gasteiger partial charge is 0.457 e. The summed E-state index contributed by atoms with van der Waals surface area (Å²) in [6.45, 7) is 11.1. The molecule has 0 radical (unpaired) electrons. The molecule has 1 aliphatic heterocycles. The molecule has 1 aromatic rings. The van der Waals surface area contributed by atoms with E-state index >= 15 is 0 Å². The molecule has 0 aromatic carbocycles. The Balaban J connectivity index is 1.88. The number of ketones is 1. The molecule has 1 fully saturated rings. The number of ether oxygens (including phenoxy) is 1. The lowest BCUT2D eigenvalue weighted by molar-refractivity contribution is -0.154. The Labute approximate surface area is 214 Å². The summed E-state index contributed by atoms with van der Waals surface area (Å²) in [5.74, 6) is -0.275. The van der Waals surface area contributed by atoms with Crippen LogP contribution in [0, 0.1) is 29.1 Å². The molecule has 1 aliphatic carbocycles. The number of rotatable bonds is 3. The number of aliphatic hydroxyl groups excluding tert-OH is 2. The van der Waals surface area contributed by atoms with Gasteiger partial charge in [0.05, 0.1) is 30.6 Å². The van der Waals surface area contributed by atoms with Gasteiger partial charge in [0.15, 0.2) is 0 Å². The van der Waals surface area contributed by atoms with Crippen LogP contribution in [-0.4, -0.2) is 45.3 Å². The van der Waals surface area contributed by atoms with E-state index in [0.717, 1.165) is 18.4 Å². The van der Waals surface area contributed by atoms with Crippen molar-refractivity contribution in [1.29, 1.82) is 0 Å². The van der Waals surface area contributed by atoms with E-state index in [-0.39, 0.29) is 24.7 Å². The van der Waals surface area contributed by atoms with Crippen molar-refractivity contribution in [3.05, 3.63) is 35.1 Å². The van der Waals surface area contributed by atoms with Gasteiger partial charge in [0, 0.05) is 12.3 Å². The smallest absolute Gasteiger partial charge is 0.309 e. The minimum Gasteiger partial charge on any atom is -0.457 e. The second-order valence-corrected chi connectivity index (χ2v) is 11.3. The highest BCUT2D eigenvalue weighted by Crippen LogP contribution is 2.50. The molecule has 2 unspecified atom stereocenters. The average Bonchev–Trinajstić information content (AvgIpc) is 3.44. The first-order valence-electron chi connectivity index (χ1n) is 12.9. The average molecular weight is 503 g/mol. The van der Waals surface area contributed by atoms with Crippen LogP contribution in [0.4, 0.5) is 0 Å². The lowest BCUT2D eigenvalue weighted by Gasteiger charge is -2.34. The number of Topliss-reactive ketones (excluding diaryl/α,β-unsaturated/α-hetero) is 1. The molecular formula is C28H42N2O6. The van der Waals surface area contributed by atoms with Crippen molar-refractivity contribution in [1.82, 2.24) is 4.98 Å². The molecule has 0 bridgehead atoms. The van der Waals surface area contributed by atoms with E-state index in [1.165, 1.54) is 11.8 Å². The molecule has 2 heterocycles. The SMILES string of the molecule is CC(=Cc1coc(CN)n1)[C@H]1C/C=C(/C)CC2CC2[C@H](C)[C@H](O)[C@@H](C)C(=O)C(C)(C)[C@@H](O)CC(=O)O1. The van der Waals surface area contributed by atoms with Crippen LogP contribution in [0.3, 0.4) is 0 Å². The molecule has 1 aromatic heterocycles. The summed E-state index contributed by atoms with van der Waals surface area (Å²) in [4.78, 5) is 30.5. The van der Waals surface area contributed by atoms with Crippen molar-refractivity contribution in [2.75, 3.05) is 0 Å². The Morgan fingerprint density at radius 1 is 1.25 bits per heavy atom. The van der Waals surface area contributed by atoms with E-state index in [0.29, 0.717) is 29.8 Å². The Morgan fingerprint density at radius 3 is 2.58 bits per heavy atom. The summed E-state index contributed by atoms with van der Waals surface area (Å²) >= 11 is 0. The quantitative estimate of drug-likeness (QED) is 0.419. The number of allylic oxidation sites excluding steroid dienone is 1. The van der Waals surface area contributed by atoms with E-state index in [1.807, 2.05) is 13.8 Å². The van der Waals surface area contributed by atoms with Crippen molar-refractivity contribution in [3.63, 3.8) is 0 Å². The summed E-state index contributed by atoms with van der Waals surface area (Å²) < 4.78 is 11.1. The molecule has 8 heteroatoms. The number of hydrogen-bond donors (Lipinski definition) is 3. The summed E-state index contributed by atoms with van der Waals surface area (Å²) in [5.41, 5.74) is 6.94. The number of fused-ring (bicyclic) bond motifs is 1. The fraction of sp³-hybridized carbons (Fsp3) is 0.679. The van der Waals surface area contributed by atoms with Crippen LogP contribution < -0.4 is 5.73 Å². The molecule has 3 rings (SSSR count). The predicted molar refractivity (Wildman–Crippen MR) is 136 cm³/mol. The molecule has 1 saturated carbocycles. The number of nitrogens with zero attached hydrogens (tertiary/aromatic N) is 1. The molecule has 36 heavy (non-hydrogen) atoms. The van der Waals surface area contributed by atoms with E-state index < -0.39 is 35.6 Å². The minimum absolute atomic E-state index is 0.0219. The molecule has 4 N–H and O–H groups in total. The fourth-order valence-corrected chi connectivity index (χ4v) is 5.33. The number of aromatic nitrogens is 1. The number of esters is 1. The predicted octanol–water partition coefficient (Wildman–Crippen LogP) is 3.80. The second-order valence-electron chi connectivity index (χ2n) is 11.3. The number of cyclic esters (lactones) is 1. The molecule has 200 valence electrons. The van der Waals surface area contributed by atoms with Crippen molar-refractivity contribution >= 4 is 17.8 Å². The zero-order chi connectivity index (χ0) is 26.8. The first-order valence-corrected chi connectivity index (χ1v) is 12.9. The molecule has 0 saturated heterocycles. The third kappa shape index (κ3) is 6.52. The van der Waals surface area contributed by atoms with Crippen LogP contribution in [-0.2, 0) is 20.9 Å². The third-order valence-electron chi connectivity index (χ3n) is 8.11. The van der Waals surface area contributed by atoms with E-state index in [9.17, 15) is 19.8 Å². The van der Waals surface area contributed by atoms with Crippen LogP contribution in [0.5, 0.6) is 0 Å². The van der Waals surface area contributed by atoms with E-state index in [1.54, 1.807) is 26.8 Å². The van der Waals surface area contributed by atoms with Crippen LogP contribution in [0.25, 0.3) is 6.08 Å². The number of hydrogen-bond acceptors (Lipinski definition) is 8. The first kappa shape index (κ1) is 28.3. The van der Waals surface area contributed by atoms with Gasteiger partial charge in [0.25, 0.3) is 0 Å². The summed E-state index contributed by atoms with van der Waals surface area (Å²) in [6, 6.07) is 0.